The van der Waals surface area contributed by atoms with Gasteiger partial charge in [0.15, 0.2) is 0 Å². The Kier molecular flexibility index (Phi) is 6.74. The topological polar surface area (TPSA) is 76.0 Å². The molecule has 0 bridgehead atoms. The minimum Gasteiger partial charge on any atom is -0.362 e. The largest absolute Gasteiger partial charge is 0.416 e. The van der Waals surface area contributed by atoms with Crippen molar-refractivity contribution >= 4 is 17.3 Å². The fourth-order valence-electron chi connectivity index (χ4n) is 4.38. The Morgan fingerprint density at radius 3 is 2.65 bits per heavy atom. The number of imidazole rings is 1. The van der Waals surface area contributed by atoms with Gasteiger partial charge in [-0.1, -0.05) is 48.0 Å². The number of aromatic nitrogens is 4. The number of fused-ring (bicyclic) bond motifs is 1. The van der Waals surface area contributed by atoms with Crippen LogP contribution >= 0.6 is 11.6 Å². The molecule has 0 spiro atoms. The van der Waals surface area contributed by atoms with E-state index in [4.69, 9.17) is 16.3 Å². The summed E-state index contributed by atoms with van der Waals surface area (Å²) >= 11 is 6.15. The smallest absolute Gasteiger partial charge is 0.362 e. The number of rotatable bonds is 6. The van der Waals surface area contributed by atoms with E-state index in [-0.39, 0.29) is 23.7 Å². The van der Waals surface area contributed by atoms with Gasteiger partial charge in [0.1, 0.15) is 22.8 Å². The molecule has 3 heterocycles. The number of ether oxygens (including phenoxy) is 1. The van der Waals surface area contributed by atoms with Gasteiger partial charge < -0.3 is 14.2 Å². The standard InChI is InChI=1S/C25H20ClF4N5O2/c26-22-19(12-32-33-24(22)36)34-8-9-35-20(11-31-21(35)13-34)23(37-14-15-4-2-1-3-5-15)17-7-6-16(27)10-18(17)25(28,29)30/h1-7,10-12,23H,8-9,13-14H2,(H,33,36). The van der Waals surface area contributed by atoms with Crippen LogP contribution in [0, 0.1) is 5.82 Å². The summed E-state index contributed by atoms with van der Waals surface area (Å²) in [5.74, 6) is -0.450. The van der Waals surface area contributed by atoms with Crippen LogP contribution in [0.25, 0.3) is 0 Å². The summed E-state index contributed by atoms with van der Waals surface area (Å²) in [5.41, 5.74) is -0.256. The Morgan fingerprint density at radius 1 is 1.11 bits per heavy atom. The maximum Gasteiger partial charge on any atom is 0.416 e. The van der Waals surface area contributed by atoms with E-state index in [0.29, 0.717) is 36.4 Å². The minimum absolute atomic E-state index is 0.0135. The lowest BCUT2D eigenvalue weighted by molar-refractivity contribution is -0.139. The molecule has 7 nitrogen and oxygen atoms in total. The zero-order valence-corrected chi connectivity index (χ0v) is 19.9. The number of benzene rings is 2. The Bertz CT molecular complexity index is 1470. The van der Waals surface area contributed by atoms with Gasteiger partial charge in [-0.05, 0) is 23.3 Å². The molecule has 192 valence electrons. The molecule has 37 heavy (non-hydrogen) atoms. The Balaban J connectivity index is 1.53. The third kappa shape index (κ3) is 5.09. The van der Waals surface area contributed by atoms with Crippen LogP contribution in [0.4, 0.5) is 23.2 Å². The number of nitrogens with zero attached hydrogens (tertiary/aromatic N) is 4. The molecule has 0 amide bonds. The van der Waals surface area contributed by atoms with Crippen molar-refractivity contribution < 1.29 is 22.3 Å². The van der Waals surface area contributed by atoms with Crippen LogP contribution in [0.3, 0.4) is 0 Å². The van der Waals surface area contributed by atoms with Crippen LogP contribution in [0.2, 0.25) is 5.02 Å². The first-order valence-corrected chi connectivity index (χ1v) is 11.6. The summed E-state index contributed by atoms with van der Waals surface area (Å²) < 4.78 is 63.6. The van der Waals surface area contributed by atoms with Crippen molar-refractivity contribution in [3.63, 3.8) is 0 Å². The van der Waals surface area contributed by atoms with E-state index in [9.17, 15) is 22.4 Å². The third-order valence-corrected chi connectivity index (χ3v) is 6.51. The first-order valence-electron chi connectivity index (χ1n) is 11.3. The van der Waals surface area contributed by atoms with Gasteiger partial charge in [0.25, 0.3) is 5.56 Å². The fraction of sp³-hybridized carbons (Fsp3) is 0.240. The van der Waals surface area contributed by atoms with E-state index >= 15 is 0 Å². The van der Waals surface area contributed by atoms with Crippen LogP contribution in [-0.2, 0) is 30.6 Å². The van der Waals surface area contributed by atoms with Crippen LogP contribution in [0.5, 0.6) is 0 Å². The van der Waals surface area contributed by atoms with Crippen LogP contribution < -0.4 is 10.5 Å². The van der Waals surface area contributed by atoms with Crippen molar-refractivity contribution in [3.8, 4) is 0 Å². The van der Waals surface area contributed by atoms with Gasteiger partial charge in [0, 0.05) is 13.1 Å². The van der Waals surface area contributed by atoms with Gasteiger partial charge in [-0.15, -0.1) is 0 Å². The summed E-state index contributed by atoms with van der Waals surface area (Å²) in [5, 5.41) is 6.04. The Labute approximate surface area is 213 Å². The molecule has 1 unspecified atom stereocenters. The lowest BCUT2D eigenvalue weighted by Gasteiger charge is -2.31. The molecule has 0 radical (unpaired) electrons. The van der Waals surface area contributed by atoms with Crippen molar-refractivity contribution in [3.05, 3.63) is 110 Å². The van der Waals surface area contributed by atoms with Crippen LogP contribution in [0.1, 0.15) is 34.3 Å². The van der Waals surface area contributed by atoms with E-state index in [2.05, 4.69) is 15.2 Å². The normalized spacial score (nSPS) is 14.5. The molecule has 1 aliphatic rings. The highest BCUT2D eigenvalue weighted by Gasteiger charge is 2.38. The number of aromatic amines is 1. The fourth-order valence-corrected chi connectivity index (χ4v) is 4.59. The Morgan fingerprint density at radius 2 is 1.89 bits per heavy atom. The van der Waals surface area contributed by atoms with Crippen molar-refractivity contribution in [2.24, 2.45) is 0 Å². The lowest BCUT2D eigenvalue weighted by atomic mass is 9.99. The maximum atomic E-state index is 13.9. The number of halogens is 5. The number of alkyl halides is 3. The van der Waals surface area contributed by atoms with E-state index in [1.807, 2.05) is 11.0 Å². The molecule has 0 saturated heterocycles. The molecule has 4 aromatic rings. The van der Waals surface area contributed by atoms with E-state index < -0.39 is 29.2 Å². The highest BCUT2D eigenvalue weighted by Crippen LogP contribution is 2.39. The van der Waals surface area contributed by atoms with E-state index in [0.717, 1.165) is 17.7 Å². The summed E-state index contributed by atoms with van der Waals surface area (Å²) in [6, 6.07) is 11.6. The second-order valence-electron chi connectivity index (χ2n) is 8.48. The molecule has 1 aliphatic heterocycles. The van der Waals surface area contributed by atoms with Crippen molar-refractivity contribution in [1.29, 1.82) is 0 Å². The van der Waals surface area contributed by atoms with E-state index in [1.165, 1.54) is 12.4 Å². The van der Waals surface area contributed by atoms with Gasteiger partial charge in [0.05, 0.1) is 42.5 Å². The van der Waals surface area contributed by atoms with Crippen molar-refractivity contribution in [1.82, 2.24) is 19.7 Å². The molecule has 0 fully saturated rings. The monoisotopic (exact) mass is 533 g/mol. The Hall–Kier alpha value is -3.70. The number of anilines is 1. The van der Waals surface area contributed by atoms with Crippen molar-refractivity contribution in [2.45, 2.75) is 32.0 Å². The molecule has 12 heteroatoms. The molecule has 1 atom stereocenters. The second kappa shape index (κ2) is 9.98. The highest BCUT2D eigenvalue weighted by atomic mass is 35.5. The van der Waals surface area contributed by atoms with Crippen molar-refractivity contribution in [2.75, 3.05) is 11.4 Å². The van der Waals surface area contributed by atoms with Gasteiger partial charge in [0.2, 0.25) is 0 Å². The predicted octanol–water partition coefficient (Wildman–Crippen LogP) is 5.10. The summed E-state index contributed by atoms with van der Waals surface area (Å²) in [7, 11) is 0. The third-order valence-electron chi connectivity index (χ3n) is 6.14. The van der Waals surface area contributed by atoms with Crippen LogP contribution in [-0.4, -0.2) is 26.3 Å². The summed E-state index contributed by atoms with van der Waals surface area (Å²) in [4.78, 5) is 18.1. The molecule has 1 N–H and O–H groups in total. The average molecular weight is 534 g/mol. The van der Waals surface area contributed by atoms with Gasteiger partial charge in [-0.25, -0.2) is 14.5 Å². The zero-order chi connectivity index (χ0) is 26.2. The average Bonchev–Trinajstić information content (AvgIpc) is 3.29. The number of hydrogen-bond donors (Lipinski definition) is 1. The first-order chi connectivity index (χ1) is 17.7. The summed E-state index contributed by atoms with van der Waals surface area (Å²) in [6.07, 6.45) is -3.06. The van der Waals surface area contributed by atoms with Gasteiger partial charge >= 0.3 is 6.18 Å². The minimum atomic E-state index is -4.79. The van der Waals surface area contributed by atoms with Crippen LogP contribution in [0.15, 0.2) is 65.7 Å². The molecule has 5 rings (SSSR count). The predicted molar refractivity (Wildman–Crippen MR) is 128 cm³/mol. The molecular weight excluding hydrogens is 514 g/mol. The van der Waals surface area contributed by atoms with Gasteiger partial charge in [-0.2, -0.15) is 18.3 Å². The number of nitrogens with one attached hydrogen (secondary N) is 1. The lowest BCUT2D eigenvalue weighted by Crippen LogP contribution is -2.36. The number of hydrogen-bond acceptors (Lipinski definition) is 5. The number of H-pyrrole nitrogens is 1. The summed E-state index contributed by atoms with van der Waals surface area (Å²) in [6.45, 7) is 0.996. The second-order valence-corrected chi connectivity index (χ2v) is 8.85. The molecule has 0 aliphatic carbocycles. The SMILES string of the molecule is O=c1[nH]ncc(N2CCn3c(C(OCc4ccccc4)c4ccc(F)cc4C(F)(F)F)cnc3C2)c1Cl. The first kappa shape index (κ1) is 25.0. The van der Waals surface area contributed by atoms with E-state index in [1.54, 1.807) is 28.8 Å². The zero-order valence-electron chi connectivity index (χ0n) is 19.2. The molecule has 0 saturated carbocycles. The molecule has 2 aromatic carbocycles. The maximum absolute atomic E-state index is 13.9. The molecule has 2 aromatic heterocycles. The quantitative estimate of drug-likeness (QED) is 0.349. The highest BCUT2D eigenvalue weighted by molar-refractivity contribution is 6.32. The van der Waals surface area contributed by atoms with Gasteiger partial charge in [-0.3, -0.25) is 4.79 Å². The molecular formula is C25H20ClF4N5O2.